The molecule has 2 fully saturated rings. The molecule has 0 aromatic heterocycles. The van der Waals surface area contributed by atoms with Crippen LogP contribution in [-0.2, 0) is 33.2 Å². The predicted octanol–water partition coefficient (Wildman–Crippen LogP) is 0.303. The number of esters is 1. The molecule has 0 aromatic rings. The van der Waals surface area contributed by atoms with Gasteiger partial charge in [0.1, 0.15) is 6.04 Å². The Morgan fingerprint density at radius 1 is 1.29 bits per heavy atom. The van der Waals surface area contributed by atoms with Crippen LogP contribution in [0.15, 0.2) is 0 Å². The topological polar surface area (TPSA) is 146 Å². The molecule has 2 saturated heterocycles. The lowest BCUT2D eigenvalue weighted by Gasteiger charge is -2.27. The normalized spacial score (nSPS) is 22.5. The van der Waals surface area contributed by atoms with E-state index in [4.69, 9.17) is 18.9 Å². The molecule has 12 heteroatoms. The number of urea groups is 1. The summed E-state index contributed by atoms with van der Waals surface area (Å²) in [5.41, 5.74) is 4.64. The van der Waals surface area contributed by atoms with Gasteiger partial charge in [0, 0.05) is 13.0 Å². The molecule has 2 rings (SSSR count). The van der Waals surface area contributed by atoms with E-state index >= 15 is 0 Å². The summed E-state index contributed by atoms with van der Waals surface area (Å²) in [7, 11) is -4.51. The van der Waals surface area contributed by atoms with Gasteiger partial charge < -0.3 is 15.4 Å². The van der Waals surface area contributed by atoms with Gasteiger partial charge in [-0.2, -0.15) is 13.5 Å². The second-order valence-corrected chi connectivity index (χ2v) is 8.83. The first-order valence-corrected chi connectivity index (χ1v) is 10.4. The van der Waals surface area contributed by atoms with Crippen LogP contribution < -0.4 is 5.73 Å². The summed E-state index contributed by atoms with van der Waals surface area (Å²) in [5, 5.41) is 0.726. The maximum Gasteiger partial charge on any atom is 0.421 e. The summed E-state index contributed by atoms with van der Waals surface area (Å²) in [6.07, 6.45) is 1.20. The quantitative estimate of drug-likeness (QED) is 0.496. The van der Waals surface area contributed by atoms with Crippen molar-refractivity contribution in [3.8, 4) is 0 Å². The SMILES string of the molecule is CCOC(=O)CCC(C)(C)COS(=O)(=O)ON1C(=O)N2C[C@H]1CCC2C(N)=O. The molecule has 0 spiro atoms. The fraction of sp³-hybridized carbons (Fsp3) is 0.812. The van der Waals surface area contributed by atoms with Crippen LogP contribution in [0, 0.1) is 5.41 Å². The van der Waals surface area contributed by atoms with E-state index in [-0.39, 0.29) is 32.1 Å². The van der Waals surface area contributed by atoms with Crippen molar-refractivity contribution in [3.63, 3.8) is 0 Å². The standard InChI is InChI=1S/C16H27N3O8S/c1-4-25-13(20)7-8-16(2,3)10-26-28(23,24)27-19-11-5-6-12(14(17)21)18(9-11)15(19)22/h11-12H,4-10H2,1-3H3,(H2,17,21)/t11-,12?/m1/s1. The maximum absolute atomic E-state index is 12.4. The van der Waals surface area contributed by atoms with Crippen LogP contribution in [0.25, 0.3) is 0 Å². The fourth-order valence-corrected chi connectivity index (χ4v) is 4.01. The molecule has 160 valence electrons. The van der Waals surface area contributed by atoms with E-state index in [0.29, 0.717) is 19.3 Å². The van der Waals surface area contributed by atoms with Crippen LogP contribution in [0.4, 0.5) is 4.79 Å². The Balaban J connectivity index is 1.91. The minimum absolute atomic E-state index is 0.126. The Bertz CT molecular complexity index is 723. The molecular formula is C16H27N3O8S. The number of ether oxygens (including phenoxy) is 1. The average Bonchev–Trinajstić information content (AvgIpc) is 2.83. The molecule has 2 N–H and O–H groups in total. The molecule has 2 atom stereocenters. The fourth-order valence-electron chi connectivity index (χ4n) is 3.12. The highest BCUT2D eigenvalue weighted by Crippen LogP contribution is 2.31. The highest BCUT2D eigenvalue weighted by Gasteiger charge is 2.49. The number of rotatable bonds is 10. The Morgan fingerprint density at radius 2 is 1.96 bits per heavy atom. The van der Waals surface area contributed by atoms with Gasteiger partial charge in [0.2, 0.25) is 5.91 Å². The highest BCUT2D eigenvalue weighted by atomic mass is 32.3. The maximum atomic E-state index is 12.4. The van der Waals surface area contributed by atoms with Crippen molar-refractivity contribution >= 4 is 28.3 Å². The smallest absolute Gasteiger partial charge is 0.421 e. The van der Waals surface area contributed by atoms with E-state index in [1.807, 2.05) is 0 Å². The third kappa shape index (κ3) is 5.55. The van der Waals surface area contributed by atoms with E-state index in [0.717, 1.165) is 5.06 Å². The zero-order valence-corrected chi connectivity index (χ0v) is 17.1. The van der Waals surface area contributed by atoms with Crippen LogP contribution >= 0.6 is 0 Å². The largest absolute Gasteiger partial charge is 0.466 e. The van der Waals surface area contributed by atoms with Gasteiger partial charge in [0.15, 0.2) is 0 Å². The third-order valence-corrected chi connectivity index (χ3v) is 5.48. The van der Waals surface area contributed by atoms with Crippen LogP contribution in [0.5, 0.6) is 0 Å². The number of piperidine rings is 1. The van der Waals surface area contributed by atoms with E-state index in [2.05, 4.69) is 0 Å². The average molecular weight is 421 g/mol. The minimum Gasteiger partial charge on any atom is -0.466 e. The van der Waals surface area contributed by atoms with Crippen LogP contribution in [0.2, 0.25) is 0 Å². The van der Waals surface area contributed by atoms with Crippen molar-refractivity contribution in [3.05, 3.63) is 0 Å². The summed E-state index contributed by atoms with van der Waals surface area (Å²) >= 11 is 0. The lowest BCUT2D eigenvalue weighted by Crippen LogP contribution is -2.47. The molecule has 2 heterocycles. The Hall–Kier alpha value is -1.92. The highest BCUT2D eigenvalue weighted by molar-refractivity contribution is 7.81. The van der Waals surface area contributed by atoms with Gasteiger partial charge in [-0.15, -0.1) is 4.28 Å². The van der Waals surface area contributed by atoms with Crippen LogP contribution in [0.3, 0.4) is 0 Å². The number of amides is 3. The van der Waals surface area contributed by atoms with Gasteiger partial charge >= 0.3 is 22.4 Å². The first-order chi connectivity index (χ1) is 13.0. The number of hydrogen-bond donors (Lipinski definition) is 1. The third-order valence-electron chi connectivity index (χ3n) is 4.73. The second kappa shape index (κ2) is 8.62. The molecule has 2 aliphatic heterocycles. The summed E-state index contributed by atoms with van der Waals surface area (Å²) in [6.45, 7) is 5.36. The molecule has 11 nitrogen and oxygen atoms in total. The zero-order chi connectivity index (χ0) is 21.1. The van der Waals surface area contributed by atoms with Gasteiger partial charge in [-0.05, 0) is 31.6 Å². The van der Waals surface area contributed by atoms with E-state index in [9.17, 15) is 22.8 Å². The van der Waals surface area contributed by atoms with Gasteiger partial charge in [-0.1, -0.05) is 13.8 Å². The van der Waals surface area contributed by atoms with Gasteiger partial charge in [0.25, 0.3) is 0 Å². The van der Waals surface area contributed by atoms with Crippen molar-refractivity contribution in [1.82, 2.24) is 9.96 Å². The van der Waals surface area contributed by atoms with Gasteiger partial charge in [-0.25, -0.2) is 8.98 Å². The Morgan fingerprint density at radius 3 is 2.57 bits per heavy atom. The lowest BCUT2D eigenvalue weighted by atomic mass is 9.89. The number of nitrogens with two attached hydrogens (primary N) is 1. The predicted molar refractivity (Wildman–Crippen MR) is 95.6 cm³/mol. The molecule has 0 aliphatic carbocycles. The number of carbonyl (C=O) groups excluding carboxylic acids is 3. The molecule has 28 heavy (non-hydrogen) atoms. The monoisotopic (exact) mass is 421 g/mol. The second-order valence-electron chi connectivity index (χ2n) is 7.62. The lowest BCUT2D eigenvalue weighted by molar-refractivity contribution is -0.143. The first kappa shape index (κ1) is 22.4. The zero-order valence-electron chi connectivity index (χ0n) is 16.3. The van der Waals surface area contributed by atoms with Crippen molar-refractivity contribution in [1.29, 1.82) is 0 Å². The first-order valence-electron chi connectivity index (χ1n) is 9.09. The van der Waals surface area contributed by atoms with Crippen molar-refractivity contribution < 1.29 is 36.0 Å². The molecule has 3 amide bonds. The molecule has 0 radical (unpaired) electrons. The van der Waals surface area contributed by atoms with E-state index < -0.39 is 39.8 Å². The molecular weight excluding hydrogens is 394 g/mol. The van der Waals surface area contributed by atoms with Crippen LogP contribution in [-0.4, -0.2) is 68.1 Å². The summed E-state index contributed by atoms with van der Waals surface area (Å²) < 4.78 is 39.0. The summed E-state index contributed by atoms with van der Waals surface area (Å²) in [6, 6.07) is -2.01. The molecule has 0 aromatic carbocycles. The number of nitrogens with zero attached hydrogens (tertiary/aromatic N) is 2. The molecule has 2 aliphatic rings. The Labute approximate surface area is 164 Å². The molecule has 0 saturated carbocycles. The molecule has 2 bridgehead atoms. The van der Waals surface area contributed by atoms with Crippen molar-refractivity contribution in [2.24, 2.45) is 11.1 Å². The van der Waals surface area contributed by atoms with Gasteiger partial charge in [0.05, 0.1) is 19.3 Å². The Kier molecular flexibility index (Phi) is 6.88. The number of hydrogen-bond acceptors (Lipinski definition) is 8. The van der Waals surface area contributed by atoms with Crippen LogP contribution in [0.1, 0.15) is 46.5 Å². The number of hydroxylamine groups is 2. The summed E-state index contributed by atoms with van der Waals surface area (Å²) in [5.74, 6) is -1.02. The number of primary amides is 1. The van der Waals surface area contributed by atoms with Crippen molar-refractivity contribution in [2.45, 2.75) is 58.5 Å². The van der Waals surface area contributed by atoms with Gasteiger partial charge in [-0.3, -0.25) is 9.59 Å². The summed E-state index contributed by atoms with van der Waals surface area (Å²) in [4.78, 5) is 36.5. The number of fused-ring (bicyclic) bond motifs is 2. The molecule has 1 unspecified atom stereocenters. The van der Waals surface area contributed by atoms with E-state index in [1.165, 1.54) is 4.90 Å². The van der Waals surface area contributed by atoms with E-state index in [1.54, 1.807) is 20.8 Å². The van der Waals surface area contributed by atoms with Crippen molar-refractivity contribution in [2.75, 3.05) is 19.8 Å². The minimum atomic E-state index is -4.51. The number of carbonyl (C=O) groups is 3.